The maximum absolute atomic E-state index is 11.0. The van der Waals surface area contributed by atoms with Crippen molar-refractivity contribution < 1.29 is 14.7 Å². The molecule has 0 spiro atoms. The van der Waals surface area contributed by atoms with Crippen molar-refractivity contribution >= 4 is 23.4 Å². The van der Waals surface area contributed by atoms with Crippen LogP contribution in [0.4, 0.5) is 11.5 Å². The van der Waals surface area contributed by atoms with Gasteiger partial charge in [0.15, 0.2) is 5.69 Å². The molecule has 0 saturated heterocycles. The average Bonchev–Trinajstić information content (AvgIpc) is 2.39. The van der Waals surface area contributed by atoms with Crippen LogP contribution < -0.4 is 11.1 Å². The summed E-state index contributed by atoms with van der Waals surface area (Å²) in [6, 6.07) is 6.46. The van der Waals surface area contributed by atoms with Gasteiger partial charge in [0, 0.05) is 11.3 Å². The molecular formula is C12H10N4O3. The first-order chi connectivity index (χ1) is 9.06. The lowest BCUT2D eigenvalue weighted by atomic mass is 10.2. The Bertz CT molecular complexity index is 587. The summed E-state index contributed by atoms with van der Waals surface area (Å²) in [5.74, 6) is -1.45. The van der Waals surface area contributed by atoms with Gasteiger partial charge in [-0.2, -0.15) is 0 Å². The van der Waals surface area contributed by atoms with Gasteiger partial charge in [0.1, 0.15) is 5.82 Å². The van der Waals surface area contributed by atoms with Gasteiger partial charge in [0.2, 0.25) is 5.91 Å². The molecule has 0 saturated carbocycles. The van der Waals surface area contributed by atoms with Crippen LogP contribution in [-0.4, -0.2) is 27.0 Å². The normalized spacial score (nSPS) is 9.89. The summed E-state index contributed by atoms with van der Waals surface area (Å²) < 4.78 is 0. The fraction of sp³-hybridized carbons (Fsp3) is 0. The highest BCUT2D eigenvalue weighted by Crippen LogP contribution is 2.15. The van der Waals surface area contributed by atoms with E-state index >= 15 is 0 Å². The Hall–Kier alpha value is -2.96. The zero-order valence-corrected chi connectivity index (χ0v) is 9.70. The van der Waals surface area contributed by atoms with E-state index in [2.05, 4.69) is 15.3 Å². The number of amides is 1. The molecule has 2 aromatic rings. The molecule has 7 nitrogen and oxygen atoms in total. The van der Waals surface area contributed by atoms with Gasteiger partial charge in [-0.25, -0.2) is 9.78 Å². The maximum Gasteiger partial charge on any atom is 0.356 e. The molecule has 1 aromatic carbocycles. The van der Waals surface area contributed by atoms with Crippen molar-refractivity contribution in [1.82, 2.24) is 9.97 Å². The van der Waals surface area contributed by atoms with Gasteiger partial charge >= 0.3 is 5.97 Å². The standard InChI is InChI=1S/C12H10N4O3/c13-11(17)7-2-1-3-8(4-7)15-10-6-14-5-9(16-10)12(18)19/h1-6H,(H2,13,17)(H,15,16)(H,18,19). The number of hydrogen-bond acceptors (Lipinski definition) is 5. The van der Waals surface area contributed by atoms with E-state index in [1.165, 1.54) is 12.3 Å². The van der Waals surface area contributed by atoms with Crippen molar-refractivity contribution in [2.75, 3.05) is 5.32 Å². The van der Waals surface area contributed by atoms with Crippen molar-refractivity contribution in [3.8, 4) is 0 Å². The zero-order valence-electron chi connectivity index (χ0n) is 9.70. The molecule has 0 aliphatic rings. The fourth-order valence-electron chi connectivity index (χ4n) is 1.43. The molecule has 7 heteroatoms. The first kappa shape index (κ1) is 12.5. The molecule has 0 bridgehead atoms. The van der Waals surface area contributed by atoms with Crippen molar-refractivity contribution in [3.05, 3.63) is 47.9 Å². The van der Waals surface area contributed by atoms with Crippen LogP contribution in [0.15, 0.2) is 36.7 Å². The summed E-state index contributed by atoms with van der Waals surface area (Å²) in [5, 5.41) is 11.7. The lowest BCUT2D eigenvalue weighted by Gasteiger charge is -2.06. The number of benzene rings is 1. The monoisotopic (exact) mass is 258 g/mol. The molecule has 2 rings (SSSR count). The smallest absolute Gasteiger partial charge is 0.356 e. The Morgan fingerprint density at radius 3 is 2.74 bits per heavy atom. The highest BCUT2D eigenvalue weighted by Gasteiger charge is 2.07. The Morgan fingerprint density at radius 2 is 2.05 bits per heavy atom. The summed E-state index contributed by atoms with van der Waals surface area (Å²) in [7, 11) is 0. The van der Waals surface area contributed by atoms with Crippen molar-refractivity contribution in [1.29, 1.82) is 0 Å². The van der Waals surface area contributed by atoms with Crippen LogP contribution in [0, 0.1) is 0 Å². The number of anilines is 2. The Kier molecular flexibility index (Phi) is 3.37. The summed E-state index contributed by atoms with van der Waals surface area (Å²) >= 11 is 0. The van der Waals surface area contributed by atoms with E-state index in [0.717, 1.165) is 6.20 Å². The van der Waals surface area contributed by atoms with E-state index in [1.54, 1.807) is 18.2 Å². The number of carbonyl (C=O) groups is 2. The van der Waals surface area contributed by atoms with Crippen LogP contribution in [0.25, 0.3) is 0 Å². The third kappa shape index (κ3) is 3.03. The fourth-order valence-corrected chi connectivity index (χ4v) is 1.43. The maximum atomic E-state index is 11.0. The number of carbonyl (C=O) groups excluding carboxylic acids is 1. The molecule has 0 atom stereocenters. The number of carboxylic acid groups (broad SMARTS) is 1. The lowest BCUT2D eigenvalue weighted by Crippen LogP contribution is -2.11. The number of nitrogens with two attached hydrogens (primary N) is 1. The number of nitrogens with one attached hydrogen (secondary N) is 1. The second-order valence-corrected chi connectivity index (χ2v) is 3.66. The minimum atomic E-state index is -1.16. The third-order valence-electron chi connectivity index (χ3n) is 2.27. The van der Waals surface area contributed by atoms with Gasteiger partial charge in [0.05, 0.1) is 12.4 Å². The highest BCUT2D eigenvalue weighted by atomic mass is 16.4. The number of rotatable bonds is 4. The molecule has 4 N–H and O–H groups in total. The van der Waals surface area contributed by atoms with Crippen molar-refractivity contribution in [2.45, 2.75) is 0 Å². The van der Waals surface area contributed by atoms with Crippen LogP contribution in [-0.2, 0) is 0 Å². The number of hydrogen-bond donors (Lipinski definition) is 3. The van der Waals surface area contributed by atoms with E-state index in [-0.39, 0.29) is 11.5 Å². The summed E-state index contributed by atoms with van der Waals surface area (Å²) in [6.07, 6.45) is 2.52. The number of aromatic carboxylic acids is 1. The first-order valence-corrected chi connectivity index (χ1v) is 5.28. The summed E-state index contributed by atoms with van der Waals surface area (Å²) in [5.41, 5.74) is 5.90. The molecule has 96 valence electrons. The van der Waals surface area contributed by atoms with Crippen LogP contribution in [0.1, 0.15) is 20.8 Å². The molecule has 1 heterocycles. The molecule has 19 heavy (non-hydrogen) atoms. The first-order valence-electron chi connectivity index (χ1n) is 5.28. The van der Waals surface area contributed by atoms with Crippen molar-refractivity contribution in [3.63, 3.8) is 0 Å². The Labute approximate surface area is 108 Å². The number of primary amides is 1. The van der Waals surface area contributed by atoms with E-state index in [1.807, 2.05) is 0 Å². The van der Waals surface area contributed by atoms with E-state index in [0.29, 0.717) is 11.3 Å². The van der Waals surface area contributed by atoms with Gasteiger partial charge < -0.3 is 16.2 Å². The Balaban J connectivity index is 2.26. The third-order valence-corrected chi connectivity index (χ3v) is 2.27. The minimum Gasteiger partial charge on any atom is -0.476 e. The van der Waals surface area contributed by atoms with Crippen LogP contribution in [0.5, 0.6) is 0 Å². The molecular weight excluding hydrogens is 248 g/mol. The van der Waals surface area contributed by atoms with Crippen molar-refractivity contribution in [2.24, 2.45) is 5.73 Å². The molecule has 1 amide bonds. The highest BCUT2D eigenvalue weighted by molar-refractivity contribution is 5.93. The molecule has 1 aromatic heterocycles. The molecule has 0 aliphatic carbocycles. The summed E-state index contributed by atoms with van der Waals surface area (Å²) in [6.45, 7) is 0. The largest absolute Gasteiger partial charge is 0.476 e. The second kappa shape index (κ2) is 5.13. The minimum absolute atomic E-state index is 0.170. The van der Waals surface area contributed by atoms with E-state index in [9.17, 15) is 9.59 Å². The quantitative estimate of drug-likeness (QED) is 0.753. The second-order valence-electron chi connectivity index (χ2n) is 3.66. The van der Waals surface area contributed by atoms with Gasteiger partial charge in [-0.05, 0) is 18.2 Å². The number of carboxylic acids is 1. The topological polar surface area (TPSA) is 118 Å². The van der Waals surface area contributed by atoms with Crippen LogP contribution >= 0.6 is 0 Å². The molecule has 0 radical (unpaired) electrons. The van der Waals surface area contributed by atoms with Gasteiger partial charge in [-0.1, -0.05) is 6.07 Å². The predicted octanol–water partition coefficient (Wildman–Crippen LogP) is 1.02. The molecule has 0 unspecified atom stereocenters. The SMILES string of the molecule is NC(=O)c1cccc(Nc2cncc(C(=O)O)n2)c1. The number of aromatic nitrogens is 2. The average molecular weight is 258 g/mol. The number of nitrogens with zero attached hydrogens (tertiary/aromatic N) is 2. The van der Waals surface area contributed by atoms with Crippen LogP contribution in [0.2, 0.25) is 0 Å². The molecule has 0 aliphatic heterocycles. The van der Waals surface area contributed by atoms with Crippen LogP contribution in [0.3, 0.4) is 0 Å². The van der Waals surface area contributed by atoms with Gasteiger partial charge in [-0.15, -0.1) is 0 Å². The predicted molar refractivity (Wildman–Crippen MR) is 67.2 cm³/mol. The Morgan fingerprint density at radius 1 is 1.26 bits per heavy atom. The summed E-state index contributed by atoms with van der Waals surface area (Å²) in [4.78, 5) is 29.4. The zero-order chi connectivity index (χ0) is 13.8. The molecule has 0 fully saturated rings. The lowest BCUT2D eigenvalue weighted by molar-refractivity contribution is 0.0690. The van der Waals surface area contributed by atoms with E-state index in [4.69, 9.17) is 10.8 Å². The van der Waals surface area contributed by atoms with Gasteiger partial charge in [0.25, 0.3) is 0 Å². The van der Waals surface area contributed by atoms with E-state index < -0.39 is 11.9 Å². The van der Waals surface area contributed by atoms with Gasteiger partial charge in [-0.3, -0.25) is 9.78 Å².